The third kappa shape index (κ3) is 5.69. The van der Waals surface area contributed by atoms with Crippen molar-refractivity contribution in [3.8, 4) is 0 Å². The van der Waals surface area contributed by atoms with Gasteiger partial charge in [0.15, 0.2) is 0 Å². The number of carbonyl (C=O) groups excluding carboxylic acids is 1. The highest BCUT2D eigenvalue weighted by molar-refractivity contribution is 7.88. The van der Waals surface area contributed by atoms with Crippen LogP contribution in [0.2, 0.25) is 0 Å². The van der Waals surface area contributed by atoms with Gasteiger partial charge in [0.25, 0.3) is 0 Å². The summed E-state index contributed by atoms with van der Waals surface area (Å²) in [5.74, 6) is -0.313. The van der Waals surface area contributed by atoms with E-state index in [4.69, 9.17) is 0 Å². The summed E-state index contributed by atoms with van der Waals surface area (Å²) in [5.41, 5.74) is 1.86. The van der Waals surface area contributed by atoms with Gasteiger partial charge in [-0.05, 0) is 24.0 Å². The zero-order valence-electron chi connectivity index (χ0n) is 14.6. The molecule has 0 heterocycles. The number of hydrogen-bond donors (Lipinski definition) is 1. The molecule has 1 N–H and O–H groups in total. The Morgan fingerprint density at radius 1 is 1.04 bits per heavy atom. The van der Waals surface area contributed by atoms with Crippen molar-refractivity contribution in [2.75, 3.05) is 19.8 Å². The van der Waals surface area contributed by atoms with Gasteiger partial charge in [0.1, 0.15) is 6.04 Å². The lowest BCUT2D eigenvalue weighted by Crippen LogP contribution is -2.41. The van der Waals surface area contributed by atoms with Gasteiger partial charge in [-0.3, -0.25) is 4.79 Å². The van der Waals surface area contributed by atoms with Crippen LogP contribution in [0.25, 0.3) is 0 Å². The fourth-order valence-electron chi connectivity index (χ4n) is 2.60. The van der Waals surface area contributed by atoms with Crippen LogP contribution >= 0.6 is 0 Å². The molecule has 5 nitrogen and oxygen atoms in total. The second kappa shape index (κ2) is 8.78. The highest BCUT2D eigenvalue weighted by Crippen LogP contribution is 2.21. The third-order valence-electron chi connectivity index (χ3n) is 4.03. The molecule has 134 valence electrons. The topological polar surface area (TPSA) is 66.5 Å². The van der Waals surface area contributed by atoms with E-state index in [-0.39, 0.29) is 5.91 Å². The van der Waals surface area contributed by atoms with E-state index in [1.807, 2.05) is 36.4 Å². The Balaban J connectivity index is 2.01. The van der Waals surface area contributed by atoms with Gasteiger partial charge in [-0.25, -0.2) is 8.42 Å². The molecule has 2 rings (SSSR count). The number of amides is 1. The van der Waals surface area contributed by atoms with Gasteiger partial charge in [-0.2, -0.15) is 4.31 Å². The first kappa shape index (κ1) is 19.1. The standard InChI is InChI=1S/C19H24N2O3S/c1-21(25(2,23)24)18(17-13-7-4-8-14-17)19(22)20-15-9-12-16-10-5-3-6-11-16/h3-8,10-11,13-14,18H,9,12,15H2,1-2H3,(H,20,22). The lowest BCUT2D eigenvalue weighted by molar-refractivity contribution is -0.124. The Hall–Kier alpha value is -2.18. The lowest BCUT2D eigenvalue weighted by Gasteiger charge is -2.25. The second-order valence-electron chi connectivity index (χ2n) is 5.97. The number of benzene rings is 2. The number of sulfonamides is 1. The van der Waals surface area contributed by atoms with Crippen LogP contribution in [0.1, 0.15) is 23.6 Å². The Morgan fingerprint density at radius 2 is 1.60 bits per heavy atom. The van der Waals surface area contributed by atoms with Crippen LogP contribution in [-0.2, 0) is 21.2 Å². The van der Waals surface area contributed by atoms with Gasteiger partial charge in [-0.15, -0.1) is 0 Å². The van der Waals surface area contributed by atoms with Gasteiger partial charge < -0.3 is 5.32 Å². The number of rotatable bonds is 8. The van der Waals surface area contributed by atoms with Crippen molar-refractivity contribution in [3.05, 3.63) is 71.8 Å². The molecule has 1 unspecified atom stereocenters. The Labute approximate surface area is 149 Å². The minimum Gasteiger partial charge on any atom is -0.354 e. The lowest BCUT2D eigenvalue weighted by atomic mass is 10.1. The average molecular weight is 360 g/mol. The summed E-state index contributed by atoms with van der Waals surface area (Å²) >= 11 is 0. The van der Waals surface area contributed by atoms with Crippen LogP contribution in [0.4, 0.5) is 0 Å². The van der Waals surface area contributed by atoms with Crippen molar-refractivity contribution < 1.29 is 13.2 Å². The monoisotopic (exact) mass is 360 g/mol. The average Bonchev–Trinajstić information content (AvgIpc) is 2.60. The molecule has 0 aromatic heterocycles. The fourth-order valence-corrected chi connectivity index (χ4v) is 3.20. The molecule has 0 bridgehead atoms. The van der Waals surface area contributed by atoms with Crippen LogP contribution in [0.3, 0.4) is 0 Å². The van der Waals surface area contributed by atoms with Crippen molar-refractivity contribution in [2.24, 2.45) is 0 Å². The van der Waals surface area contributed by atoms with Crippen molar-refractivity contribution in [1.82, 2.24) is 9.62 Å². The molecule has 1 atom stereocenters. The van der Waals surface area contributed by atoms with Crippen molar-refractivity contribution in [1.29, 1.82) is 0 Å². The number of hydrogen-bond acceptors (Lipinski definition) is 3. The van der Waals surface area contributed by atoms with E-state index >= 15 is 0 Å². The third-order valence-corrected chi connectivity index (χ3v) is 5.29. The predicted octanol–water partition coefficient (Wildman–Crippen LogP) is 2.37. The Bertz CT molecular complexity index is 777. The predicted molar refractivity (Wildman–Crippen MR) is 99.6 cm³/mol. The number of carbonyl (C=O) groups is 1. The normalized spacial score (nSPS) is 12.8. The van der Waals surface area contributed by atoms with Crippen LogP contribution in [-0.4, -0.2) is 38.5 Å². The van der Waals surface area contributed by atoms with Crippen molar-refractivity contribution in [3.63, 3.8) is 0 Å². The smallest absolute Gasteiger partial charge is 0.242 e. The van der Waals surface area contributed by atoms with Gasteiger partial charge in [0.05, 0.1) is 6.26 Å². The Morgan fingerprint density at radius 3 is 2.16 bits per heavy atom. The second-order valence-corrected chi connectivity index (χ2v) is 8.01. The maximum Gasteiger partial charge on any atom is 0.242 e. The van der Waals surface area contributed by atoms with E-state index in [1.54, 1.807) is 24.3 Å². The van der Waals surface area contributed by atoms with Crippen molar-refractivity contribution >= 4 is 15.9 Å². The van der Waals surface area contributed by atoms with E-state index in [0.717, 1.165) is 23.4 Å². The first-order valence-electron chi connectivity index (χ1n) is 8.19. The van der Waals surface area contributed by atoms with Crippen LogP contribution in [0, 0.1) is 0 Å². The molecule has 0 saturated carbocycles. The fraction of sp³-hybridized carbons (Fsp3) is 0.316. The zero-order chi connectivity index (χ0) is 18.3. The van der Waals surface area contributed by atoms with Gasteiger partial charge in [-0.1, -0.05) is 60.7 Å². The van der Waals surface area contributed by atoms with Crippen LogP contribution < -0.4 is 5.32 Å². The van der Waals surface area contributed by atoms with Crippen LogP contribution in [0.5, 0.6) is 0 Å². The molecule has 0 aliphatic carbocycles. The highest BCUT2D eigenvalue weighted by Gasteiger charge is 2.30. The summed E-state index contributed by atoms with van der Waals surface area (Å²) in [6.07, 6.45) is 2.75. The number of nitrogens with zero attached hydrogens (tertiary/aromatic N) is 1. The van der Waals surface area contributed by atoms with Crippen molar-refractivity contribution in [2.45, 2.75) is 18.9 Å². The molecule has 0 saturated heterocycles. The van der Waals surface area contributed by atoms with Gasteiger partial charge in [0, 0.05) is 13.6 Å². The maximum atomic E-state index is 12.6. The van der Waals surface area contributed by atoms with E-state index < -0.39 is 16.1 Å². The van der Waals surface area contributed by atoms with E-state index in [1.165, 1.54) is 12.6 Å². The first-order valence-corrected chi connectivity index (χ1v) is 10.0. The number of aryl methyl sites for hydroxylation is 1. The SMILES string of the molecule is CN(C(C(=O)NCCCc1ccccc1)c1ccccc1)S(C)(=O)=O. The van der Waals surface area contributed by atoms with E-state index in [9.17, 15) is 13.2 Å². The summed E-state index contributed by atoms with van der Waals surface area (Å²) in [4.78, 5) is 12.6. The number of likely N-dealkylation sites (N-methyl/N-ethyl adjacent to an activating group) is 1. The molecule has 25 heavy (non-hydrogen) atoms. The largest absolute Gasteiger partial charge is 0.354 e. The zero-order valence-corrected chi connectivity index (χ0v) is 15.4. The summed E-state index contributed by atoms with van der Waals surface area (Å²) in [7, 11) is -2.07. The summed E-state index contributed by atoms with van der Waals surface area (Å²) in [5, 5.41) is 2.86. The highest BCUT2D eigenvalue weighted by atomic mass is 32.2. The molecule has 6 heteroatoms. The number of nitrogens with one attached hydrogen (secondary N) is 1. The summed E-state index contributed by atoms with van der Waals surface area (Å²) in [6.45, 7) is 0.495. The molecule has 0 radical (unpaired) electrons. The first-order chi connectivity index (χ1) is 11.9. The molecule has 0 aliphatic heterocycles. The minimum atomic E-state index is -3.50. The Kier molecular flexibility index (Phi) is 6.73. The maximum absolute atomic E-state index is 12.6. The minimum absolute atomic E-state index is 0.313. The molecular formula is C19H24N2O3S. The molecular weight excluding hydrogens is 336 g/mol. The molecule has 0 fully saturated rings. The van der Waals surface area contributed by atoms with E-state index in [0.29, 0.717) is 12.1 Å². The molecule has 2 aromatic carbocycles. The van der Waals surface area contributed by atoms with Crippen LogP contribution in [0.15, 0.2) is 60.7 Å². The van der Waals surface area contributed by atoms with Gasteiger partial charge >= 0.3 is 0 Å². The van der Waals surface area contributed by atoms with E-state index in [2.05, 4.69) is 5.32 Å². The quantitative estimate of drug-likeness (QED) is 0.735. The van der Waals surface area contributed by atoms with Gasteiger partial charge in [0.2, 0.25) is 15.9 Å². The summed E-state index contributed by atoms with van der Waals surface area (Å²) < 4.78 is 24.9. The molecule has 0 aliphatic rings. The molecule has 2 aromatic rings. The summed E-state index contributed by atoms with van der Waals surface area (Å²) in [6, 6.07) is 18.1. The molecule has 0 spiro atoms. The molecule has 1 amide bonds.